The fraction of sp³-hybridized carbons (Fsp3) is 0.167. The second kappa shape index (κ2) is 6.84. The zero-order valence-corrected chi connectivity index (χ0v) is 12.1. The number of carbonyl (C=O) groups is 1. The molecule has 0 aromatic heterocycles. The van der Waals surface area contributed by atoms with Crippen molar-refractivity contribution in [1.82, 2.24) is 0 Å². The minimum Gasteiger partial charge on any atom is -0.322 e. The molecule has 21 heavy (non-hydrogen) atoms. The van der Waals surface area contributed by atoms with Crippen LogP contribution in [0.2, 0.25) is 0 Å². The standard InChI is InChI=1S/C18H18FNO/c1-13(2)15-8-4-6-10-17(15)20-18(21)12-11-14-7-3-5-9-16(14)19/h3-13H,1-2H3,(H,20,21)/b12-11+. The Bertz CT molecular complexity index is 662. The molecule has 0 radical (unpaired) electrons. The van der Waals surface area contributed by atoms with Crippen LogP contribution in [-0.4, -0.2) is 5.91 Å². The summed E-state index contributed by atoms with van der Waals surface area (Å²) in [5.74, 6) is -0.299. The highest BCUT2D eigenvalue weighted by Crippen LogP contribution is 2.23. The van der Waals surface area contributed by atoms with Crippen molar-refractivity contribution in [2.45, 2.75) is 19.8 Å². The van der Waals surface area contributed by atoms with Gasteiger partial charge in [-0.05, 0) is 29.7 Å². The number of nitrogens with one attached hydrogen (secondary N) is 1. The molecule has 2 aromatic carbocycles. The van der Waals surface area contributed by atoms with Crippen molar-refractivity contribution >= 4 is 17.7 Å². The van der Waals surface area contributed by atoms with E-state index < -0.39 is 0 Å². The first-order valence-corrected chi connectivity index (χ1v) is 6.90. The van der Waals surface area contributed by atoms with E-state index in [4.69, 9.17) is 0 Å². The van der Waals surface area contributed by atoms with Crippen LogP contribution in [0, 0.1) is 5.82 Å². The summed E-state index contributed by atoms with van der Waals surface area (Å²) >= 11 is 0. The van der Waals surface area contributed by atoms with Gasteiger partial charge in [0.15, 0.2) is 0 Å². The average Bonchev–Trinajstić information content (AvgIpc) is 2.47. The smallest absolute Gasteiger partial charge is 0.248 e. The van der Waals surface area contributed by atoms with Gasteiger partial charge in [-0.25, -0.2) is 4.39 Å². The van der Waals surface area contributed by atoms with Crippen LogP contribution in [0.5, 0.6) is 0 Å². The Balaban J connectivity index is 2.11. The summed E-state index contributed by atoms with van der Waals surface area (Å²) in [6.45, 7) is 4.14. The van der Waals surface area contributed by atoms with Gasteiger partial charge in [0.1, 0.15) is 5.82 Å². The zero-order chi connectivity index (χ0) is 15.2. The second-order valence-corrected chi connectivity index (χ2v) is 5.09. The molecule has 0 aliphatic carbocycles. The van der Waals surface area contributed by atoms with E-state index in [-0.39, 0.29) is 11.7 Å². The number of hydrogen-bond acceptors (Lipinski definition) is 1. The van der Waals surface area contributed by atoms with Crippen LogP contribution >= 0.6 is 0 Å². The Morgan fingerprint density at radius 3 is 2.48 bits per heavy atom. The minimum absolute atomic E-state index is 0.272. The molecule has 2 rings (SSSR count). The molecular weight excluding hydrogens is 265 g/mol. The van der Waals surface area contributed by atoms with Gasteiger partial charge in [0, 0.05) is 17.3 Å². The van der Waals surface area contributed by atoms with Crippen LogP contribution in [0.4, 0.5) is 10.1 Å². The molecule has 0 bridgehead atoms. The number of rotatable bonds is 4. The van der Waals surface area contributed by atoms with Gasteiger partial charge >= 0.3 is 0 Å². The fourth-order valence-corrected chi connectivity index (χ4v) is 2.06. The van der Waals surface area contributed by atoms with Gasteiger partial charge in [-0.1, -0.05) is 50.2 Å². The highest BCUT2D eigenvalue weighted by Gasteiger charge is 2.07. The van der Waals surface area contributed by atoms with Crippen LogP contribution in [0.1, 0.15) is 30.9 Å². The maximum absolute atomic E-state index is 13.5. The molecule has 108 valence electrons. The van der Waals surface area contributed by atoms with Crippen LogP contribution in [0.3, 0.4) is 0 Å². The summed E-state index contributed by atoms with van der Waals surface area (Å²) in [5, 5.41) is 2.83. The normalized spacial score (nSPS) is 11.0. The maximum Gasteiger partial charge on any atom is 0.248 e. The lowest BCUT2D eigenvalue weighted by Gasteiger charge is -2.12. The molecule has 0 fully saturated rings. The van der Waals surface area contributed by atoms with E-state index in [0.29, 0.717) is 11.5 Å². The molecule has 1 amide bonds. The van der Waals surface area contributed by atoms with E-state index in [2.05, 4.69) is 19.2 Å². The van der Waals surface area contributed by atoms with Gasteiger partial charge in [-0.2, -0.15) is 0 Å². The lowest BCUT2D eigenvalue weighted by molar-refractivity contribution is -0.111. The summed E-state index contributed by atoms with van der Waals surface area (Å²) in [6.07, 6.45) is 2.82. The van der Waals surface area contributed by atoms with E-state index in [1.165, 1.54) is 18.2 Å². The molecule has 1 N–H and O–H groups in total. The molecule has 0 spiro atoms. The van der Waals surface area contributed by atoms with Crippen LogP contribution < -0.4 is 5.32 Å². The van der Waals surface area contributed by atoms with Crippen LogP contribution in [0.15, 0.2) is 54.6 Å². The van der Waals surface area contributed by atoms with E-state index in [1.54, 1.807) is 18.2 Å². The third-order valence-electron chi connectivity index (χ3n) is 3.16. The largest absolute Gasteiger partial charge is 0.322 e. The average molecular weight is 283 g/mol. The van der Waals surface area contributed by atoms with E-state index in [1.807, 2.05) is 24.3 Å². The minimum atomic E-state index is -0.343. The highest BCUT2D eigenvalue weighted by molar-refractivity contribution is 6.02. The quantitative estimate of drug-likeness (QED) is 0.816. The Kier molecular flexibility index (Phi) is 4.88. The summed E-state index contributed by atoms with van der Waals surface area (Å²) in [5.41, 5.74) is 2.26. The molecule has 3 heteroatoms. The number of benzene rings is 2. The first kappa shape index (κ1) is 15.0. The predicted octanol–water partition coefficient (Wildman–Crippen LogP) is 4.60. The molecule has 0 atom stereocenters. The van der Waals surface area contributed by atoms with Crippen molar-refractivity contribution in [3.63, 3.8) is 0 Å². The summed E-state index contributed by atoms with van der Waals surface area (Å²) in [4.78, 5) is 12.0. The Morgan fingerprint density at radius 2 is 1.76 bits per heavy atom. The van der Waals surface area contributed by atoms with Crippen molar-refractivity contribution < 1.29 is 9.18 Å². The Morgan fingerprint density at radius 1 is 1.10 bits per heavy atom. The topological polar surface area (TPSA) is 29.1 Å². The van der Waals surface area contributed by atoms with Gasteiger partial charge < -0.3 is 5.32 Å². The Hall–Kier alpha value is -2.42. The SMILES string of the molecule is CC(C)c1ccccc1NC(=O)/C=C/c1ccccc1F. The van der Waals surface area contributed by atoms with Crippen molar-refractivity contribution in [3.05, 3.63) is 71.6 Å². The number of amides is 1. The van der Waals surface area contributed by atoms with Crippen LogP contribution in [0.25, 0.3) is 6.08 Å². The number of halogens is 1. The van der Waals surface area contributed by atoms with Gasteiger partial charge in [-0.15, -0.1) is 0 Å². The summed E-state index contributed by atoms with van der Waals surface area (Å²) in [7, 11) is 0. The van der Waals surface area contributed by atoms with Crippen molar-refractivity contribution in [2.75, 3.05) is 5.32 Å². The van der Waals surface area contributed by atoms with Crippen molar-refractivity contribution in [3.8, 4) is 0 Å². The van der Waals surface area contributed by atoms with E-state index in [9.17, 15) is 9.18 Å². The molecule has 0 saturated carbocycles. The number of para-hydroxylation sites is 1. The fourth-order valence-electron chi connectivity index (χ4n) is 2.06. The third-order valence-corrected chi connectivity index (χ3v) is 3.16. The molecule has 0 aliphatic heterocycles. The lowest BCUT2D eigenvalue weighted by Crippen LogP contribution is -2.10. The van der Waals surface area contributed by atoms with Gasteiger partial charge in [-0.3, -0.25) is 4.79 Å². The number of anilines is 1. The lowest BCUT2D eigenvalue weighted by atomic mass is 10.0. The van der Waals surface area contributed by atoms with Crippen molar-refractivity contribution in [2.24, 2.45) is 0 Å². The first-order valence-electron chi connectivity index (χ1n) is 6.90. The monoisotopic (exact) mass is 283 g/mol. The second-order valence-electron chi connectivity index (χ2n) is 5.09. The molecule has 0 aliphatic rings. The van der Waals surface area contributed by atoms with E-state index in [0.717, 1.165) is 11.3 Å². The van der Waals surface area contributed by atoms with Gasteiger partial charge in [0.05, 0.1) is 0 Å². The molecule has 2 nitrogen and oxygen atoms in total. The summed E-state index contributed by atoms with van der Waals surface area (Å²) in [6, 6.07) is 14.0. The van der Waals surface area contributed by atoms with E-state index >= 15 is 0 Å². The molecule has 2 aromatic rings. The third kappa shape index (κ3) is 4.02. The van der Waals surface area contributed by atoms with Crippen molar-refractivity contribution in [1.29, 1.82) is 0 Å². The van der Waals surface area contributed by atoms with Gasteiger partial charge in [0.25, 0.3) is 0 Å². The number of hydrogen-bond donors (Lipinski definition) is 1. The molecule has 0 heterocycles. The van der Waals surface area contributed by atoms with Crippen LogP contribution in [-0.2, 0) is 4.79 Å². The predicted molar refractivity (Wildman–Crippen MR) is 84.6 cm³/mol. The Labute approximate surface area is 124 Å². The first-order chi connectivity index (χ1) is 10.1. The zero-order valence-electron chi connectivity index (χ0n) is 12.1. The maximum atomic E-state index is 13.5. The molecule has 0 unspecified atom stereocenters. The summed E-state index contributed by atoms with van der Waals surface area (Å²) < 4.78 is 13.5. The number of carbonyl (C=O) groups excluding carboxylic acids is 1. The molecule has 0 saturated heterocycles. The van der Waals surface area contributed by atoms with Gasteiger partial charge in [0.2, 0.25) is 5.91 Å². The highest BCUT2D eigenvalue weighted by atomic mass is 19.1. The molecular formula is C18H18FNO.